The van der Waals surface area contributed by atoms with Gasteiger partial charge in [0.1, 0.15) is 0 Å². The first kappa shape index (κ1) is 10.0. The molecule has 3 atom stereocenters. The number of carboxylic acids is 2. The second-order valence-electron chi connectivity index (χ2n) is 3.62. The molecule has 0 aromatic heterocycles. The molecule has 0 aliphatic heterocycles. The minimum Gasteiger partial charge on any atom is -0.481 e. The Hall–Kier alpha value is -1.06. The highest BCUT2D eigenvalue weighted by molar-refractivity contribution is 5.75. The fourth-order valence-electron chi connectivity index (χ4n) is 2.08. The third kappa shape index (κ3) is 1.99. The van der Waals surface area contributed by atoms with Gasteiger partial charge in [-0.25, -0.2) is 0 Å². The Morgan fingerprint density at radius 2 is 1.85 bits per heavy atom. The summed E-state index contributed by atoms with van der Waals surface area (Å²) in [5, 5.41) is 17.6. The molecular formula is C9H14O4. The first-order valence-corrected chi connectivity index (χ1v) is 4.51. The molecule has 1 aliphatic carbocycles. The van der Waals surface area contributed by atoms with E-state index in [1.165, 1.54) is 0 Å². The molecule has 0 aromatic carbocycles. The zero-order valence-electron chi connectivity index (χ0n) is 7.56. The summed E-state index contributed by atoms with van der Waals surface area (Å²) in [5.74, 6) is -2.58. The van der Waals surface area contributed by atoms with Crippen LogP contribution in [0.15, 0.2) is 0 Å². The van der Waals surface area contributed by atoms with Gasteiger partial charge in [-0.2, -0.15) is 0 Å². The zero-order valence-corrected chi connectivity index (χ0v) is 7.56. The lowest BCUT2D eigenvalue weighted by Gasteiger charge is -2.11. The Kier molecular flexibility index (Phi) is 2.90. The molecule has 0 bridgehead atoms. The Morgan fingerprint density at radius 3 is 2.15 bits per heavy atom. The van der Waals surface area contributed by atoms with Crippen LogP contribution in [-0.2, 0) is 9.59 Å². The van der Waals surface area contributed by atoms with Gasteiger partial charge in [-0.1, -0.05) is 13.3 Å². The number of carbonyl (C=O) groups is 2. The van der Waals surface area contributed by atoms with Crippen molar-refractivity contribution in [3.05, 3.63) is 0 Å². The number of carboxylic acid groups (broad SMARTS) is 2. The third-order valence-electron chi connectivity index (χ3n) is 2.89. The van der Waals surface area contributed by atoms with Crippen molar-refractivity contribution in [3.63, 3.8) is 0 Å². The maximum absolute atomic E-state index is 10.7. The van der Waals surface area contributed by atoms with Crippen molar-refractivity contribution >= 4 is 11.9 Å². The minimum absolute atomic E-state index is 0.0404. The lowest BCUT2D eigenvalue weighted by molar-refractivity contribution is -0.143. The normalized spacial score (nSPS) is 33.2. The highest BCUT2D eigenvalue weighted by Crippen LogP contribution is 2.38. The minimum atomic E-state index is -0.859. The van der Waals surface area contributed by atoms with Crippen LogP contribution in [0.4, 0.5) is 0 Å². The summed E-state index contributed by atoms with van der Waals surface area (Å²) < 4.78 is 0. The molecule has 0 aromatic rings. The van der Waals surface area contributed by atoms with E-state index >= 15 is 0 Å². The van der Waals surface area contributed by atoms with Gasteiger partial charge in [0.15, 0.2) is 0 Å². The molecule has 13 heavy (non-hydrogen) atoms. The Bertz CT molecular complexity index is 224. The standard InChI is InChI=1S/C9H14O4/c1-2-5-3-6(8(10)11)4-7(5)9(12)13/h5-7H,2-4H2,1H3,(H,10,11)(H,12,13)/t5-,6+,7+/m0/s1. The maximum Gasteiger partial charge on any atom is 0.306 e. The second kappa shape index (κ2) is 3.77. The molecule has 4 heteroatoms. The summed E-state index contributed by atoms with van der Waals surface area (Å²) in [6.45, 7) is 1.91. The molecule has 4 nitrogen and oxygen atoms in total. The predicted octanol–water partition coefficient (Wildman–Crippen LogP) is 1.21. The molecular weight excluding hydrogens is 172 g/mol. The van der Waals surface area contributed by atoms with Gasteiger partial charge in [-0.3, -0.25) is 9.59 Å². The van der Waals surface area contributed by atoms with Crippen LogP contribution in [-0.4, -0.2) is 22.2 Å². The summed E-state index contributed by atoms with van der Waals surface area (Å²) in [7, 11) is 0. The van der Waals surface area contributed by atoms with E-state index in [1.54, 1.807) is 0 Å². The zero-order chi connectivity index (χ0) is 10.0. The van der Waals surface area contributed by atoms with Crippen LogP contribution in [0.25, 0.3) is 0 Å². The first-order valence-electron chi connectivity index (χ1n) is 4.51. The van der Waals surface area contributed by atoms with Crippen LogP contribution < -0.4 is 0 Å². The fourth-order valence-corrected chi connectivity index (χ4v) is 2.08. The van der Waals surface area contributed by atoms with Crippen molar-refractivity contribution < 1.29 is 19.8 Å². The molecule has 0 heterocycles. The monoisotopic (exact) mass is 186 g/mol. The van der Waals surface area contributed by atoms with Crippen LogP contribution in [0.3, 0.4) is 0 Å². The summed E-state index contributed by atoms with van der Waals surface area (Å²) >= 11 is 0. The Morgan fingerprint density at radius 1 is 1.23 bits per heavy atom. The van der Waals surface area contributed by atoms with Crippen LogP contribution in [0.5, 0.6) is 0 Å². The average molecular weight is 186 g/mol. The molecule has 0 spiro atoms. The fraction of sp³-hybridized carbons (Fsp3) is 0.778. The van der Waals surface area contributed by atoms with Crippen molar-refractivity contribution in [2.75, 3.05) is 0 Å². The largest absolute Gasteiger partial charge is 0.481 e. The third-order valence-corrected chi connectivity index (χ3v) is 2.89. The molecule has 2 N–H and O–H groups in total. The van der Waals surface area contributed by atoms with E-state index in [0.717, 1.165) is 6.42 Å². The van der Waals surface area contributed by atoms with Crippen LogP contribution in [0.2, 0.25) is 0 Å². The molecule has 1 rings (SSSR count). The van der Waals surface area contributed by atoms with E-state index in [4.69, 9.17) is 10.2 Å². The van der Waals surface area contributed by atoms with Crippen molar-refractivity contribution in [3.8, 4) is 0 Å². The topological polar surface area (TPSA) is 74.6 Å². The van der Waals surface area contributed by atoms with Crippen LogP contribution >= 0.6 is 0 Å². The van der Waals surface area contributed by atoms with Gasteiger partial charge in [0, 0.05) is 0 Å². The van der Waals surface area contributed by atoms with Crippen molar-refractivity contribution in [2.24, 2.45) is 17.8 Å². The van der Waals surface area contributed by atoms with Gasteiger partial charge in [-0.05, 0) is 18.8 Å². The van der Waals surface area contributed by atoms with E-state index in [2.05, 4.69) is 0 Å². The maximum atomic E-state index is 10.7. The van der Waals surface area contributed by atoms with Gasteiger partial charge in [0.25, 0.3) is 0 Å². The van der Waals surface area contributed by atoms with Crippen molar-refractivity contribution in [1.82, 2.24) is 0 Å². The molecule has 0 unspecified atom stereocenters. The Balaban J connectivity index is 2.66. The van der Waals surface area contributed by atoms with Gasteiger partial charge in [0.2, 0.25) is 0 Å². The molecule has 1 saturated carbocycles. The average Bonchev–Trinajstić information content (AvgIpc) is 2.47. The van der Waals surface area contributed by atoms with E-state index in [9.17, 15) is 9.59 Å². The van der Waals surface area contributed by atoms with Crippen LogP contribution in [0, 0.1) is 17.8 Å². The van der Waals surface area contributed by atoms with Crippen molar-refractivity contribution in [1.29, 1.82) is 0 Å². The number of hydrogen-bond donors (Lipinski definition) is 2. The molecule has 0 saturated heterocycles. The Labute approximate surface area is 76.6 Å². The molecule has 0 radical (unpaired) electrons. The first-order chi connectivity index (χ1) is 6.06. The van der Waals surface area contributed by atoms with Gasteiger partial charge >= 0.3 is 11.9 Å². The highest BCUT2D eigenvalue weighted by atomic mass is 16.4. The van der Waals surface area contributed by atoms with E-state index in [-0.39, 0.29) is 5.92 Å². The van der Waals surface area contributed by atoms with Crippen LogP contribution in [0.1, 0.15) is 26.2 Å². The summed E-state index contributed by atoms with van der Waals surface area (Å²) in [6.07, 6.45) is 1.56. The predicted molar refractivity (Wildman–Crippen MR) is 45.3 cm³/mol. The van der Waals surface area contributed by atoms with Crippen molar-refractivity contribution in [2.45, 2.75) is 26.2 Å². The smallest absolute Gasteiger partial charge is 0.306 e. The highest BCUT2D eigenvalue weighted by Gasteiger charge is 2.40. The summed E-state index contributed by atoms with van der Waals surface area (Å²) in [4.78, 5) is 21.4. The lowest BCUT2D eigenvalue weighted by Crippen LogP contribution is -2.17. The number of hydrogen-bond acceptors (Lipinski definition) is 2. The SMILES string of the molecule is CC[C@H]1C[C@@H](C(=O)O)C[C@H]1C(=O)O. The van der Waals surface area contributed by atoms with Gasteiger partial charge < -0.3 is 10.2 Å². The molecule has 0 amide bonds. The lowest BCUT2D eigenvalue weighted by atomic mass is 9.94. The molecule has 74 valence electrons. The molecule has 1 fully saturated rings. The van der Waals surface area contributed by atoms with E-state index in [0.29, 0.717) is 12.8 Å². The quantitative estimate of drug-likeness (QED) is 0.694. The van der Waals surface area contributed by atoms with E-state index < -0.39 is 23.8 Å². The number of aliphatic carboxylic acids is 2. The van der Waals surface area contributed by atoms with E-state index in [1.807, 2.05) is 6.92 Å². The van der Waals surface area contributed by atoms with Gasteiger partial charge in [0.05, 0.1) is 11.8 Å². The second-order valence-corrected chi connectivity index (χ2v) is 3.62. The summed E-state index contributed by atoms with van der Waals surface area (Å²) in [5.41, 5.74) is 0. The van der Waals surface area contributed by atoms with Gasteiger partial charge in [-0.15, -0.1) is 0 Å². The number of rotatable bonds is 3. The molecule has 1 aliphatic rings. The summed E-state index contributed by atoms with van der Waals surface area (Å²) in [6, 6.07) is 0.